The maximum atomic E-state index is 12.4. The molecular formula is C14H17N3O2S. The Hall–Kier alpha value is -1.66. The van der Waals surface area contributed by atoms with Crippen molar-refractivity contribution in [3.8, 4) is 10.6 Å². The molecule has 2 N–H and O–H groups in total. The summed E-state index contributed by atoms with van der Waals surface area (Å²) < 4.78 is 0. The van der Waals surface area contributed by atoms with Gasteiger partial charge in [-0.1, -0.05) is 6.07 Å². The van der Waals surface area contributed by atoms with Gasteiger partial charge in [0.25, 0.3) is 5.91 Å². The Labute approximate surface area is 121 Å². The Morgan fingerprint density at radius 1 is 1.55 bits per heavy atom. The van der Waals surface area contributed by atoms with Crippen LogP contribution in [-0.2, 0) is 0 Å². The van der Waals surface area contributed by atoms with Gasteiger partial charge in [-0.25, -0.2) is 0 Å². The van der Waals surface area contributed by atoms with Crippen LogP contribution in [0.4, 0.5) is 0 Å². The van der Waals surface area contributed by atoms with Crippen molar-refractivity contribution in [3.63, 3.8) is 0 Å². The Balaban J connectivity index is 1.77. The summed E-state index contributed by atoms with van der Waals surface area (Å²) in [5, 5.41) is 18.9. The van der Waals surface area contributed by atoms with E-state index in [1.54, 1.807) is 29.4 Å². The Morgan fingerprint density at radius 3 is 3.05 bits per heavy atom. The fourth-order valence-corrected chi connectivity index (χ4v) is 3.39. The molecule has 0 aromatic carbocycles. The van der Waals surface area contributed by atoms with E-state index >= 15 is 0 Å². The first-order valence-corrected chi connectivity index (χ1v) is 7.59. The van der Waals surface area contributed by atoms with Crippen LogP contribution in [0.3, 0.4) is 0 Å². The molecule has 1 aliphatic rings. The number of likely N-dealkylation sites (N-methyl/N-ethyl adjacent to an activating group) is 1. The van der Waals surface area contributed by atoms with Crippen LogP contribution in [0, 0.1) is 0 Å². The van der Waals surface area contributed by atoms with E-state index in [0.29, 0.717) is 5.69 Å². The van der Waals surface area contributed by atoms with Gasteiger partial charge in [0, 0.05) is 7.05 Å². The Bertz CT molecular complexity index is 593. The second-order valence-electron chi connectivity index (χ2n) is 5.13. The molecule has 2 aromatic heterocycles. The minimum absolute atomic E-state index is 0.0932. The van der Waals surface area contributed by atoms with Crippen LogP contribution in [-0.4, -0.2) is 45.3 Å². The summed E-state index contributed by atoms with van der Waals surface area (Å²) in [5.74, 6) is -0.144. The highest BCUT2D eigenvalue weighted by atomic mass is 32.1. The van der Waals surface area contributed by atoms with Gasteiger partial charge in [-0.15, -0.1) is 11.3 Å². The molecule has 2 heterocycles. The van der Waals surface area contributed by atoms with Gasteiger partial charge in [-0.2, -0.15) is 5.10 Å². The number of thiophene rings is 1. The minimum Gasteiger partial charge on any atom is -0.391 e. The van der Waals surface area contributed by atoms with Gasteiger partial charge in [0.1, 0.15) is 0 Å². The molecule has 1 aliphatic carbocycles. The number of rotatable bonds is 3. The molecule has 2 aromatic rings. The molecule has 2 atom stereocenters. The van der Waals surface area contributed by atoms with E-state index < -0.39 is 6.10 Å². The first kappa shape index (κ1) is 13.3. The molecule has 0 bridgehead atoms. The van der Waals surface area contributed by atoms with Gasteiger partial charge in [-0.05, 0) is 36.8 Å². The monoisotopic (exact) mass is 291 g/mol. The van der Waals surface area contributed by atoms with Gasteiger partial charge in [-0.3, -0.25) is 9.89 Å². The van der Waals surface area contributed by atoms with Crippen molar-refractivity contribution in [1.29, 1.82) is 0 Å². The average molecular weight is 291 g/mol. The summed E-state index contributed by atoms with van der Waals surface area (Å²) in [5.41, 5.74) is 1.25. The van der Waals surface area contributed by atoms with E-state index in [1.807, 2.05) is 17.5 Å². The van der Waals surface area contributed by atoms with E-state index in [9.17, 15) is 9.90 Å². The largest absolute Gasteiger partial charge is 0.391 e. The lowest BCUT2D eigenvalue weighted by atomic mass is 10.1. The van der Waals surface area contributed by atoms with Crippen LogP contribution < -0.4 is 0 Å². The maximum Gasteiger partial charge on any atom is 0.274 e. The summed E-state index contributed by atoms with van der Waals surface area (Å²) >= 11 is 1.60. The zero-order chi connectivity index (χ0) is 14.1. The number of aromatic amines is 1. The molecule has 0 spiro atoms. The predicted octanol–water partition coefficient (Wildman–Crippen LogP) is 2.12. The molecule has 0 unspecified atom stereocenters. The standard InChI is InChI=1S/C14H17N3O2S/c1-17(11-4-2-5-12(11)18)14(19)10-8-9(15-16-10)13-6-3-7-20-13/h3,6-8,11-12,18H,2,4-5H2,1H3,(H,15,16)/t11-,12-/m1/s1. The molecule has 1 amide bonds. The van der Waals surface area contributed by atoms with Crippen molar-refractivity contribution in [2.24, 2.45) is 0 Å². The Morgan fingerprint density at radius 2 is 2.40 bits per heavy atom. The van der Waals surface area contributed by atoms with E-state index in [4.69, 9.17) is 0 Å². The van der Waals surface area contributed by atoms with Crippen molar-refractivity contribution in [2.45, 2.75) is 31.4 Å². The van der Waals surface area contributed by atoms with E-state index in [2.05, 4.69) is 10.2 Å². The van der Waals surface area contributed by atoms with Crippen LogP contribution in [0.1, 0.15) is 29.8 Å². The van der Waals surface area contributed by atoms with Crippen molar-refractivity contribution < 1.29 is 9.90 Å². The number of hydrogen-bond acceptors (Lipinski definition) is 4. The molecule has 5 nitrogen and oxygen atoms in total. The molecule has 6 heteroatoms. The highest BCUT2D eigenvalue weighted by molar-refractivity contribution is 7.13. The van der Waals surface area contributed by atoms with Gasteiger partial charge in [0.05, 0.1) is 22.7 Å². The quantitative estimate of drug-likeness (QED) is 0.910. The van der Waals surface area contributed by atoms with E-state index in [1.165, 1.54) is 0 Å². The lowest BCUT2D eigenvalue weighted by Gasteiger charge is -2.26. The van der Waals surface area contributed by atoms with E-state index in [0.717, 1.165) is 29.8 Å². The van der Waals surface area contributed by atoms with Crippen LogP contribution in [0.25, 0.3) is 10.6 Å². The van der Waals surface area contributed by atoms with Gasteiger partial charge in [0.2, 0.25) is 0 Å². The number of amides is 1. The maximum absolute atomic E-state index is 12.4. The van der Waals surface area contributed by atoms with Crippen molar-refractivity contribution >= 4 is 17.2 Å². The number of H-pyrrole nitrogens is 1. The zero-order valence-electron chi connectivity index (χ0n) is 11.2. The number of carbonyl (C=O) groups is 1. The molecule has 20 heavy (non-hydrogen) atoms. The second-order valence-corrected chi connectivity index (χ2v) is 6.07. The lowest BCUT2D eigenvalue weighted by molar-refractivity contribution is 0.0533. The predicted molar refractivity (Wildman–Crippen MR) is 77.6 cm³/mol. The molecule has 3 rings (SSSR count). The molecule has 0 radical (unpaired) electrons. The van der Waals surface area contributed by atoms with Crippen molar-refractivity contribution in [3.05, 3.63) is 29.3 Å². The number of carbonyl (C=O) groups excluding carboxylic acids is 1. The first-order valence-electron chi connectivity index (χ1n) is 6.71. The molecular weight excluding hydrogens is 274 g/mol. The number of nitrogens with zero attached hydrogens (tertiary/aromatic N) is 2. The third kappa shape index (κ3) is 2.36. The molecule has 106 valence electrons. The van der Waals surface area contributed by atoms with Crippen molar-refractivity contribution in [1.82, 2.24) is 15.1 Å². The Kier molecular flexibility index (Phi) is 3.58. The van der Waals surface area contributed by atoms with Gasteiger partial charge < -0.3 is 10.0 Å². The van der Waals surface area contributed by atoms with Crippen LogP contribution in [0.5, 0.6) is 0 Å². The molecule has 1 saturated carbocycles. The highest BCUT2D eigenvalue weighted by Gasteiger charge is 2.32. The third-order valence-electron chi connectivity index (χ3n) is 3.85. The normalized spacial score (nSPS) is 22.1. The smallest absolute Gasteiger partial charge is 0.274 e. The number of hydrogen-bond donors (Lipinski definition) is 2. The summed E-state index contributed by atoms with van der Waals surface area (Å²) in [6, 6.07) is 5.62. The fourth-order valence-electron chi connectivity index (χ4n) is 2.69. The fraction of sp³-hybridized carbons (Fsp3) is 0.429. The highest BCUT2D eigenvalue weighted by Crippen LogP contribution is 2.26. The van der Waals surface area contributed by atoms with Crippen LogP contribution >= 0.6 is 11.3 Å². The molecule has 0 aliphatic heterocycles. The topological polar surface area (TPSA) is 69.2 Å². The number of nitrogens with one attached hydrogen (secondary N) is 1. The minimum atomic E-state index is -0.417. The first-order chi connectivity index (χ1) is 9.66. The summed E-state index contributed by atoms with van der Waals surface area (Å²) in [4.78, 5) is 15.1. The average Bonchev–Trinajstić information content (AvgIpc) is 3.17. The van der Waals surface area contributed by atoms with Crippen LogP contribution in [0.15, 0.2) is 23.6 Å². The SMILES string of the molecule is CN(C(=O)c1cc(-c2cccs2)[nH]n1)[C@@H]1CCC[C@H]1O. The lowest BCUT2D eigenvalue weighted by Crippen LogP contribution is -2.41. The van der Waals surface area contributed by atoms with Crippen LogP contribution in [0.2, 0.25) is 0 Å². The second kappa shape index (κ2) is 5.38. The zero-order valence-corrected chi connectivity index (χ0v) is 12.1. The summed E-state index contributed by atoms with van der Waals surface area (Å²) in [6.45, 7) is 0. The number of aliphatic hydroxyl groups excluding tert-OH is 1. The molecule has 0 saturated heterocycles. The van der Waals surface area contributed by atoms with Gasteiger partial charge in [0.15, 0.2) is 5.69 Å². The van der Waals surface area contributed by atoms with E-state index in [-0.39, 0.29) is 11.9 Å². The van der Waals surface area contributed by atoms with Gasteiger partial charge >= 0.3 is 0 Å². The third-order valence-corrected chi connectivity index (χ3v) is 4.75. The molecule has 1 fully saturated rings. The number of aromatic nitrogens is 2. The summed E-state index contributed by atoms with van der Waals surface area (Å²) in [6.07, 6.45) is 2.17. The van der Waals surface area contributed by atoms with Crippen molar-refractivity contribution in [2.75, 3.05) is 7.05 Å². The summed E-state index contributed by atoms with van der Waals surface area (Å²) in [7, 11) is 1.74. The number of aliphatic hydroxyl groups is 1.